The van der Waals surface area contributed by atoms with Crippen molar-refractivity contribution in [3.63, 3.8) is 0 Å². The number of ether oxygens (including phenoxy) is 2. The zero-order chi connectivity index (χ0) is 28.9. The fourth-order valence-corrected chi connectivity index (χ4v) is 5.57. The summed E-state index contributed by atoms with van der Waals surface area (Å²) < 4.78 is 28.6. The number of thiophene rings is 1. The second-order valence-corrected chi connectivity index (χ2v) is 11.6. The summed E-state index contributed by atoms with van der Waals surface area (Å²) in [5.41, 5.74) is -3.39. The van der Waals surface area contributed by atoms with Gasteiger partial charge in [-0.1, -0.05) is 11.3 Å². The number of carbonyl (C=O) groups excluding carboxylic acids is 1. The second kappa shape index (κ2) is 10.1. The summed E-state index contributed by atoms with van der Waals surface area (Å²) in [4.78, 5) is 41.4. The van der Waals surface area contributed by atoms with Crippen LogP contribution in [0.15, 0.2) is 46.2 Å². The maximum atomic E-state index is 14.1. The van der Waals surface area contributed by atoms with E-state index in [-0.39, 0.29) is 28.1 Å². The summed E-state index contributed by atoms with van der Waals surface area (Å²) in [6.45, 7) is 9.31. The zero-order valence-corrected chi connectivity index (χ0v) is 23.6. The molecule has 0 amide bonds. The Hall–Kier alpha value is -3.77. The third kappa shape index (κ3) is 5.13. The van der Waals surface area contributed by atoms with Crippen molar-refractivity contribution in [2.75, 3.05) is 7.11 Å². The first-order valence-corrected chi connectivity index (χ1v) is 13.0. The summed E-state index contributed by atoms with van der Waals surface area (Å²) in [6, 6.07) is 5.42. The third-order valence-electron chi connectivity index (χ3n) is 6.26. The van der Waals surface area contributed by atoms with E-state index in [1.165, 1.54) is 37.7 Å². The van der Waals surface area contributed by atoms with Crippen molar-refractivity contribution in [1.29, 1.82) is 0 Å². The highest BCUT2D eigenvalue weighted by Crippen LogP contribution is 2.33. The van der Waals surface area contributed by atoms with Crippen LogP contribution in [0.5, 0.6) is 5.75 Å². The number of hydrogen-bond donors (Lipinski definition) is 1. The molecule has 39 heavy (non-hydrogen) atoms. The van der Waals surface area contributed by atoms with Crippen LogP contribution >= 0.6 is 11.3 Å². The minimum absolute atomic E-state index is 0.127. The number of aryl methyl sites for hydroxylation is 1. The molecule has 1 N–H and O–H groups in total. The Labute approximate surface area is 227 Å². The molecule has 0 aliphatic heterocycles. The number of nitrogens with zero attached hydrogens (tertiary/aromatic N) is 4. The molecule has 0 spiro atoms. The Morgan fingerprint density at radius 1 is 1.21 bits per heavy atom. The van der Waals surface area contributed by atoms with E-state index in [1.54, 1.807) is 50.8 Å². The van der Waals surface area contributed by atoms with E-state index >= 15 is 0 Å². The highest BCUT2D eigenvalue weighted by molar-refractivity contribution is 7.21. The fourth-order valence-electron chi connectivity index (χ4n) is 4.33. The Morgan fingerprint density at radius 2 is 1.90 bits per heavy atom. The number of fused-ring (bicyclic) bond motifs is 1. The number of halogens is 1. The number of aromatic nitrogens is 4. The monoisotopic (exact) mass is 558 g/mol. The minimum atomic E-state index is -1.70. The Kier molecular flexibility index (Phi) is 7.30. The van der Waals surface area contributed by atoms with Gasteiger partial charge in [-0.15, -0.1) is 0 Å². The number of esters is 1. The van der Waals surface area contributed by atoms with Gasteiger partial charge >= 0.3 is 11.7 Å². The summed E-state index contributed by atoms with van der Waals surface area (Å²) in [5, 5.41) is 16.2. The topological polar surface area (TPSA) is 118 Å². The first-order chi connectivity index (χ1) is 18.2. The summed E-state index contributed by atoms with van der Waals surface area (Å²) in [5.74, 6) is -1.13. The molecule has 0 aliphatic rings. The maximum absolute atomic E-state index is 14.1. The molecule has 4 aromatic rings. The largest absolute Gasteiger partial charge is 0.496 e. The standard InChI is InChI=1S/C27H31FN4O6S/c1-15-20-21(34)32(27(5,6)24(35)38-26(2,3)4)25(36)30(23(20)39-22(15)31-12-8-11-29-31)14-18(33)17-13-16(28)9-10-19(17)37-7/h8-13,18,33H,14H2,1-7H3/t18-/m0/s1. The number of methoxy groups -OCH3 is 1. The number of carbonyl (C=O) groups is 1. The molecule has 0 bridgehead atoms. The molecule has 10 nitrogen and oxygen atoms in total. The molecule has 0 saturated heterocycles. The van der Waals surface area contributed by atoms with Crippen molar-refractivity contribution < 1.29 is 23.8 Å². The Morgan fingerprint density at radius 3 is 2.49 bits per heavy atom. The van der Waals surface area contributed by atoms with Crippen LogP contribution in [-0.2, 0) is 21.6 Å². The van der Waals surface area contributed by atoms with E-state index in [1.807, 2.05) is 0 Å². The highest BCUT2D eigenvalue weighted by atomic mass is 32.1. The molecule has 0 unspecified atom stereocenters. The lowest BCUT2D eigenvalue weighted by Gasteiger charge is -2.30. The van der Waals surface area contributed by atoms with E-state index in [4.69, 9.17) is 9.47 Å². The number of aliphatic hydroxyl groups is 1. The lowest BCUT2D eigenvalue weighted by atomic mass is 10.0. The fraction of sp³-hybridized carbons (Fsp3) is 0.407. The minimum Gasteiger partial charge on any atom is -0.496 e. The lowest BCUT2D eigenvalue weighted by Crippen LogP contribution is -2.54. The van der Waals surface area contributed by atoms with Crippen molar-refractivity contribution in [2.45, 2.75) is 65.3 Å². The van der Waals surface area contributed by atoms with Crippen molar-refractivity contribution >= 4 is 27.5 Å². The molecule has 12 heteroatoms. The molecular weight excluding hydrogens is 527 g/mol. The van der Waals surface area contributed by atoms with Gasteiger partial charge in [0.15, 0.2) is 0 Å². The van der Waals surface area contributed by atoms with Gasteiger partial charge in [0.2, 0.25) is 0 Å². The molecule has 3 aromatic heterocycles. The number of benzene rings is 1. The van der Waals surface area contributed by atoms with Gasteiger partial charge in [-0.05, 0) is 65.8 Å². The molecule has 0 fully saturated rings. The van der Waals surface area contributed by atoms with Gasteiger partial charge in [-0.25, -0.2) is 23.2 Å². The smallest absolute Gasteiger partial charge is 0.333 e. The van der Waals surface area contributed by atoms with Gasteiger partial charge < -0.3 is 14.6 Å². The van der Waals surface area contributed by atoms with Gasteiger partial charge in [-0.3, -0.25) is 9.36 Å². The van der Waals surface area contributed by atoms with Crippen LogP contribution in [0, 0.1) is 12.7 Å². The Balaban J connectivity index is 2.01. The average molecular weight is 559 g/mol. The average Bonchev–Trinajstić information content (AvgIpc) is 3.48. The van der Waals surface area contributed by atoms with Gasteiger partial charge in [0, 0.05) is 23.5 Å². The summed E-state index contributed by atoms with van der Waals surface area (Å²) in [7, 11) is 1.39. The van der Waals surface area contributed by atoms with Crippen LogP contribution in [0.2, 0.25) is 0 Å². The van der Waals surface area contributed by atoms with Gasteiger partial charge in [0.25, 0.3) is 5.56 Å². The molecule has 1 atom stereocenters. The van der Waals surface area contributed by atoms with Crippen LogP contribution in [-0.4, -0.2) is 42.7 Å². The first-order valence-electron chi connectivity index (χ1n) is 12.2. The molecule has 1 aromatic carbocycles. The van der Waals surface area contributed by atoms with E-state index in [0.717, 1.165) is 22.0 Å². The van der Waals surface area contributed by atoms with Crippen LogP contribution in [0.25, 0.3) is 15.2 Å². The predicted octanol–water partition coefficient (Wildman–Crippen LogP) is 3.68. The zero-order valence-electron chi connectivity index (χ0n) is 22.8. The Bertz CT molecular complexity index is 1660. The van der Waals surface area contributed by atoms with E-state index in [2.05, 4.69) is 5.10 Å². The van der Waals surface area contributed by atoms with E-state index in [0.29, 0.717) is 10.6 Å². The van der Waals surface area contributed by atoms with Crippen molar-refractivity contribution in [3.05, 3.63) is 74.4 Å². The van der Waals surface area contributed by atoms with Gasteiger partial charge in [0.1, 0.15) is 38.6 Å². The molecule has 208 valence electrons. The van der Waals surface area contributed by atoms with Gasteiger partial charge in [0.05, 0.1) is 19.0 Å². The SMILES string of the molecule is COc1ccc(F)cc1[C@@H](O)Cn1c(=O)n(C(C)(C)C(=O)OC(C)(C)C)c(=O)c2c(C)c(-n3cccn3)sc21. The molecular formula is C27H31FN4O6S. The van der Waals surface area contributed by atoms with Crippen LogP contribution in [0.3, 0.4) is 0 Å². The van der Waals surface area contributed by atoms with Crippen LogP contribution < -0.4 is 16.0 Å². The van der Waals surface area contributed by atoms with E-state index in [9.17, 15) is 23.9 Å². The van der Waals surface area contributed by atoms with E-state index < -0.39 is 40.3 Å². The summed E-state index contributed by atoms with van der Waals surface area (Å²) in [6.07, 6.45) is 1.90. The molecule has 4 rings (SSSR count). The molecule has 0 radical (unpaired) electrons. The quantitative estimate of drug-likeness (QED) is 0.344. The highest BCUT2D eigenvalue weighted by Gasteiger charge is 2.39. The van der Waals surface area contributed by atoms with Crippen LogP contribution in [0.1, 0.15) is 51.8 Å². The molecule has 0 aliphatic carbocycles. The first kappa shape index (κ1) is 28.2. The third-order valence-corrected chi connectivity index (χ3v) is 7.57. The second-order valence-electron chi connectivity index (χ2n) is 10.7. The lowest BCUT2D eigenvalue weighted by molar-refractivity contribution is -0.164. The molecule has 3 heterocycles. The predicted molar refractivity (Wildman–Crippen MR) is 145 cm³/mol. The van der Waals surface area contributed by atoms with Gasteiger partial charge in [-0.2, -0.15) is 5.10 Å². The maximum Gasteiger partial charge on any atom is 0.333 e. The number of aliphatic hydroxyl groups excluding tert-OH is 1. The van der Waals surface area contributed by atoms with Crippen molar-refractivity contribution in [3.8, 4) is 10.8 Å². The normalized spacial score (nSPS) is 13.1. The van der Waals surface area contributed by atoms with Crippen molar-refractivity contribution in [1.82, 2.24) is 18.9 Å². The number of hydrogen-bond acceptors (Lipinski definition) is 8. The molecule has 0 saturated carbocycles. The summed E-state index contributed by atoms with van der Waals surface area (Å²) >= 11 is 1.14. The van der Waals surface area contributed by atoms with Crippen LogP contribution in [0.4, 0.5) is 4.39 Å². The van der Waals surface area contributed by atoms with Crippen molar-refractivity contribution in [2.24, 2.45) is 0 Å². The number of rotatable bonds is 7.